The van der Waals surface area contributed by atoms with Gasteiger partial charge in [0, 0.05) is 38.9 Å². The van der Waals surface area contributed by atoms with Crippen molar-refractivity contribution in [3.8, 4) is 0 Å². The molecule has 1 aromatic rings. The average Bonchev–Trinajstić information content (AvgIpc) is 3.08. The van der Waals surface area contributed by atoms with E-state index in [2.05, 4.69) is 59.9 Å². The first-order valence-electron chi connectivity index (χ1n) is 10.4. The van der Waals surface area contributed by atoms with Crippen LogP contribution < -0.4 is 10.2 Å². The molecule has 2 atom stereocenters. The van der Waals surface area contributed by atoms with E-state index in [9.17, 15) is 0 Å². The summed E-state index contributed by atoms with van der Waals surface area (Å²) >= 11 is 0. The fraction of sp³-hybridized carbons (Fsp3) is 0.714. The molecule has 0 amide bonds. The number of morpholine rings is 1. The number of likely N-dealkylation sites (tertiary alicyclic amines) is 1. The summed E-state index contributed by atoms with van der Waals surface area (Å²) < 4.78 is 5.61. The first-order valence-corrected chi connectivity index (χ1v) is 10.4. The number of aliphatic imine (C=N–C) groups is 1. The second-order valence-corrected chi connectivity index (χ2v) is 8.16. The number of halogens is 1. The number of hydrogen-bond acceptors (Lipinski definition) is 4. The van der Waals surface area contributed by atoms with E-state index in [1.54, 1.807) is 0 Å². The monoisotopic (exact) mass is 501 g/mol. The maximum atomic E-state index is 5.61. The van der Waals surface area contributed by atoms with Crippen LogP contribution in [0, 0.1) is 5.41 Å². The lowest BCUT2D eigenvalue weighted by Crippen LogP contribution is -2.41. The van der Waals surface area contributed by atoms with Crippen LogP contribution in [0.4, 0.5) is 5.82 Å². The molecule has 0 aromatic carbocycles. The number of guanidine groups is 1. The van der Waals surface area contributed by atoms with Gasteiger partial charge >= 0.3 is 0 Å². The summed E-state index contributed by atoms with van der Waals surface area (Å²) in [5.41, 5.74) is 1.56. The van der Waals surface area contributed by atoms with E-state index in [0.29, 0.717) is 12.0 Å². The zero-order chi connectivity index (χ0) is 19.3. The summed E-state index contributed by atoms with van der Waals surface area (Å²) in [6.45, 7) is 15.2. The number of aromatic nitrogens is 1. The lowest BCUT2D eigenvalue weighted by Gasteiger charge is -2.32. The molecule has 7 heteroatoms. The van der Waals surface area contributed by atoms with Crippen molar-refractivity contribution in [1.82, 2.24) is 15.2 Å². The zero-order valence-corrected chi connectivity index (χ0v) is 20.1. The van der Waals surface area contributed by atoms with Gasteiger partial charge in [0.1, 0.15) is 5.82 Å². The van der Waals surface area contributed by atoms with Gasteiger partial charge in [-0.1, -0.05) is 19.9 Å². The van der Waals surface area contributed by atoms with Gasteiger partial charge in [0.05, 0.1) is 19.3 Å². The van der Waals surface area contributed by atoms with E-state index >= 15 is 0 Å². The highest BCUT2D eigenvalue weighted by Gasteiger charge is 2.33. The van der Waals surface area contributed by atoms with E-state index < -0.39 is 0 Å². The maximum absolute atomic E-state index is 5.61. The molecule has 2 saturated heterocycles. The molecule has 3 heterocycles. The largest absolute Gasteiger partial charge is 0.375 e. The molecule has 2 fully saturated rings. The first kappa shape index (κ1) is 23.2. The summed E-state index contributed by atoms with van der Waals surface area (Å²) in [6.07, 6.45) is 4.68. The molecule has 0 saturated carbocycles. The normalized spacial score (nSPS) is 25.6. The Morgan fingerprint density at radius 3 is 2.79 bits per heavy atom. The maximum Gasteiger partial charge on any atom is 0.194 e. The minimum Gasteiger partial charge on any atom is -0.375 e. The Morgan fingerprint density at radius 1 is 1.36 bits per heavy atom. The quantitative estimate of drug-likeness (QED) is 0.380. The van der Waals surface area contributed by atoms with Crippen molar-refractivity contribution in [2.45, 2.75) is 53.2 Å². The fourth-order valence-corrected chi connectivity index (χ4v) is 3.81. The number of anilines is 1. The molecule has 0 bridgehead atoms. The van der Waals surface area contributed by atoms with E-state index in [1.807, 2.05) is 6.20 Å². The van der Waals surface area contributed by atoms with E-state index in [0.717, 1.165) is 56.7 Å². The summed E-state index contributed by atoms with van der Waals surface area (Å²) in [5, 5.41) is 3.46. The van der Waals surface area contributed by atoms with Gasteiger partial charge in [0.15, 0.2) is 5.96 Å². The SMILES string of the molecule is CCNC(=NCc1ccc(N2CCOC(C)C2)nc1)N1CCC(C)(CC)C1.I. The molecule has 28 heavy (non-hydrogen) atoms. The van der Waals surface area contributed by atoms with Crippen molar-refractivity contribution in [1.29, 1.82) is 0 Å². The van der Waals surface area contributed by atoms with Crippen LogP contribution in [0.3, 0.4) is 0 Å². The lowest BCUT2D eigenvalue weighted by atomic mass is 9.87. The van der Waals surface area contributed by atoms with Crippen molar-refractivity contribution in [2.24, 2.45) is 10.4 Å². The van der Waals surface area contributed by atoms with Gasteiger partial charge < -0.3 is 19.9 Å². The van der Waals surface area contributed by atoms with Crippen LogP contribution >= 0.6 is 24.0 Å². The highest BCUT2D eigenvalue weighted by atomic mass is 127. The number of ether oxygens (including phenoxy) is 1. The van der Waals surface area contributed by atoms with Crippen molar-refractivity contribution in [2.75, 3.05) is 44.2 Å². The van der Waals surface area contributed by atoms with Gasteiger partial charge in [-0.25, -0.2) is 9.98 Å². The third kappa shape index (κ3) is 5.95. The highest BCUT2D eigenvalue weighted by molar-refractivity contribution is 14.0. The van der Waals surface area contributed by atoms with Gasteiger partial charge in [-0.15, -0.1) is 24.0 Å². The molecule has 0 radical (unpaired) electrons. The number of hydrogen-bond donors (Lipinski definition) is 1. The summed E-state index contributed by atoms with van der Waals surface area (Å²) in [5.74, 6) is 2.06. The van der Waals surface area contributed by atoms with Crippen molar-refractivity contribution in [3.05, 3.63) is 23.9 Å². The zero-order valence-electron chi connectivity index (χ0n) is 17.8. The molecule has 1 N–H and O–H groups in total. The number of nitrogens with zero attached hydrogens (tertiary/aromatic N) is 4. The molecule has 6 nitrogen and oxygen atoms in total. The van der Waals surface area contributed by atoms with E-state index in [4.69, 9.17) is 9.73 Å². The van der Waals surface area contributed by atoms with Crippen molar-refractivity contribution in [3.63, 3.8) is 0 Å². The van der Waals surface area contributed by atoms with Crippen molar-refractivity contribution < 1.29 is 4.74 Å². The molecule has 0 aliphatic carbocycles. The smallest absolute Gasteiger partial charge is 0.194 e. The molecular formula is C21H36IN5O. The van der Waals surface area contributed by atoms with Gasteiger partial charge in [-0.05, 0) is 43.7 Å². The minimum atomic E-state index is 0. The Balaban J connectivity index is 0.00000280. The van der Waals surface area contributed by atoms with Gasteiger partial charge in [0.2, 0.25) is 0 Å². The van der Waals surface area contributed by atoms with Crippen LogP contribution in [-0.4, -0.2) is 61.3 Å². The molecule has 2 aliphatic heterocycles. The van der Waals surface area contributed by atoms with Crippen LogP contribution in [0.2, 0.25) is 0 Å². The number of rotatable bonds is 5. The van der Waals surface area contributed by atoms with Crippen LogP contribution in [0.25, 0.3) is 0 Å². The Hall–Kier alpha value is -1.09. The fourth-order valence-electron chi connectivity index (χ4n) is 3.81. The molecule has 1 aromatic heterocycles. The Bertz CT molecular complexity index is 638. The second kappa shape index (κ2) is 10.6. The van der Waals surface area contributed by atoms with Gasteiger partial charge in [-0.3, -0.25) is 0 Å². The summed E-state index contributed by atoms with van der Waals surface area (Å²) in [6, 6.07) is 4.26. The van der Waals surface area contributed by atoms with Crippen LogP contribution in [0.15, 0.2) is 23.3 Å². The number of pyridine rings is 1. The minimum absolute atomic E-state index is 0. The Labute approximate surface area is 187 Å². The average molecular weight is 501 g/mol. The predicted octanol–water partition coefficient (Wildman–Crippen LogP) is 3.51. The third-order valence-electron chi connectivity index (χ3n) is 5.83. The first-order chi connectivity index (χ1) is 13.0. The molecule has 2 aliphatic rings. The molecule has 3 rings (SSSR count). The van der Waals surface area contributed by atoms with Gasteiger partial charge in [-0.2, -0.15) is 0 Å². The van der Waals surface area contributed by atoms with E-state index in [-0.39, 0.29) is 30.1 Å². The molecular weight excluding hydrogens is 465 g/mol. The molecule has 2 unspecified atom stereocenters. The standard InChI is InChI=1S/C21H35N5O.HI/c1-5-21(4)9-10-26(16-21)20(22-6-2)24-14-18-7-8-19(23-13-18)25-11-12-27-17(3)15-25;/h7-8,13,17H,5-6,9-12,14-16H2,1-4H3,(H,22,24);1H. The Kier molecular flexibility index (Phi) is 8.80. The van der Waals surface area contributed by atoms with Crippen LogP contribution in [0.1, 0.15) is 46.1 Å². The highest BCUT2D eigenvalue weighted by Crippen LogP contribution is 2.32. The molecule has 0 spiro atoms. The topological polar surface area (TPSA) is 53.0 Å². The lowest BCUT2D eigenvalue weighted by molar-refractivity contribution is 0.0529. The predicted molar refractivity (Wildman–Crippen MR) is 127 cm³/mol. The summed E-state index contributed by atoms with van der Waals surface area (Å²) in [7, 11) is 0. The van der Waals surface area contributed by atoms with Gasteiger partial charge in [0.25, 0.3) is 0 Å². The number of nitrogens with one attached hydrogen (secondary N) is 1. The Morgan fingerprint density at radius 2 is 2.18 bits per heavy atom. The van der Waals surface area contributed by atoms with Crippen molar-refractivity contribution >= 4 is 35.8 Å². The van der Waals surface area contributed by atoms with E-state index in [1.165, 1.54) is 12.8 Å². The van der Waals surface area contributed by atoms with Crippen LogP contribution in [0.5, 0.6) is 0 Å². The second-order valence-electron chi connectivity index (χ2n) is 8.16. The summed E-state index contributed by atoms with van der Waals surface area (Å²) in [4.78, 5) is 14.2. The third-order valence-corrected chi connectivity index (χ3v) is 5.83. The molecule has 158 valence electrons. The van der Waals surface area contributed by atoms with Crippen LogP contribution in [-0.2, 0) is 11.3 Å².